The number of aryl methyl sites for hydroxylation is 1. The SMILES string of the molecule is CC(C)OO/N=C(/CNC(=O)c1cn(C)nc1C(F)F)c1ncc(C#CC2CC2)cc1Cl.Cl. The smallest absolute Gasteiger partial charge is 0.282 e. The van der Waals surface area contributed by atoms with Crippen molar-refractivity contribution in [3.05, 3.63) is 46.0 Å². The van der Waals surface area contributed by atoms with Gasteiger partial charge in [0.25, 0.3) is 12.3 Å². The maximum absolute atomic E-state index is 13.2. The lowest BCUT2D eigenvalue weighted by atomic mass is 10.2. The Morgan fingerprint density at radius 1 is 1.42 bits per heavy atom. The Labute approximate surface area is 201 Å². The fourth-order valence-corrected chi connectivity index (χ4v) is 2.82. The molecule has 33 heavy (non-hydrogen) atoms. The summed E-state index contributed by atoms with van der Waals surface area (Å²) in [5.74, 6) is 5.81. The highest BCUT2D eigenvalue weighted by molar-refractivity contribution is 6.34. The zero-order valence-corrected chi connectivity index (χ0v) is 19.7. The van der Waals surface area contributed by atoms with Crippen LogP contribution in [0.1, 0.15) is 60.4 Å². The number of pyridine rings is 1. The van der Waals surface area contributed by atoms with Crippen LogP contribution in [0.4, 0.5) is 8.78 Å². The summed E-state index contributed by atoms with van der Waals surface area (Å²) < 4.78 is 27.5. The molecule has 0 aliphatic heterocycles. The van der Waals surface area contributed by atoms with Gasteiger partial charge < -0.3 is 5.32 Å². The van der Waals surface area contributed by atoms with E-state index in [9.17, 15) is 13.6 Å². The first kappa shape index (κ1) is 26.5. The highest BCUT2D eigenvalue weighted by Crippen LogP contribution is 2.27. The molecule has 1 amide bonds. The maximum atomic E-state index is 13.2. The molecule has 178 valence electrons. The lowest BCUT2D eigenvalue weighted by Crippen LogP contribution is -2.31. The molecule has 2 aromatic rings. The number of hydrogen-bond acceptors (Lipinski definition) is 6. The van der Waals surface area contributed by atoms with E-state index in [0.717, 1.165) is 17.5 Å². The lowest BCUT2D eigenvalue weighted by Gasteiger charge is -2.10. The van der Waals surface area contributed by atoms with Gasteiger partial charge >= 0.3 is 0 Å². The molecule has 1 fully saturated rings. The van der Waals surface area contributed by atoms with Crippen molar-refractivity contribution < 1.29 is 23.5 Å². The number of hydrogen-bond donors (Lipinski definition) is 1. The summed E-state index contributed by atoms with van der Waals surface area (Å²) in [5, 5.41) is 10.2. The normalized spacial score (nSPS) is 13.4. The van der Waals surface area contributed by atoms with E-state index in [4.69, 9.17) is 21.5 Å². The second kappa shape index (κ2) is 11.9. The molecule has 1 aliphatic carbocycles. The third-order valence-corrected chi connectivity index (χ3v) is 4.51. The molecule has 2 aromatic heterocycles. The number of carbonyl (C=O) groups excluding carboxylic acids is 1. The van der Waals surface area contributed by atoms with E-state index in [2.05, 4.69) is 32.4 Å². The molecule has 0 bridgehead atoms. The van der Waals surface area contributed by atoms with Gasteiger partial charge in [0, 0.05) is 30.9 Å². The zero-order valence-electron chi connectivity index (χ0n) is 18.1. The molecule has 0 unspecified atom stereocenters. The zero-order chi connectivity index (χ0) is 23.3. The van der Waals surface area contributed by atoms with Crippen molar-refractivity contribution in [1.82, 2.24) is 20.1 Å². The molecule has 3 rings (SSSR count). The van der Waals surface area contributed by atoms with Gasteiger partial charge in [0.15, 0.2) is 0 Å². The Kier molecular flexibility index (Phi) is 9.58. The molecule has 2 heterocycles. The molecule has 1 N–H and O–H groups in total. The van der Waals surface area contributed by atoms with Crippen LogP contribution in [0, 0.1) is 17.8 Å². The minimum absolute atomic E-state index is 0. The molecule has 1 aliphatic rings. The van der Waals surface area contributed by atoms with Crippen LogP contribution in [-0.4, -0.2) is 39.0 Å². The van der Waals surface area contributed by atoms with E-state index in [1.54, 1.807) is 19.9 Å². The lowest BCUT2D eigenvalue weighted by molar-refractivity contribution is -0.318. The van der Waals surface area contributed by atoms with E-state index in [0.29, 0.717) is 11.5 Å². The Balaban J connectivity index is 0.00000385. The molecule has 0 atom stereocenters. The van der Waals surface area contributed by atoms with E-state index in [1.807, 2.05) is 0 Å². The van der Waals surface area contributed by atoms with Gasteiger partial charge in [0.1, 0.15) is 23.2 Å². The molecular weight excluding hydrogens is 479 g/mol. The second-order valence-corrected chi connectivity index (χ2v) is 7.85. The summed E-state index contributed by atoms with van der Waals surface area (Å²) >= 11 is 6.37. The van der Waals surface area contributed by atoms with Gasteiger partial charge in [-0.15, -0.1) is 12.4 Å². The Bertz CT molecular complexity index is 1080. The molecule has 1 saturated carbocycles. The second-order valence-electron chi connectivity index (χ2n) is 7.44. The van der Waals surface area contributed by atoms with Gasteiger partial charge in [-0.3, -0.25) is 14.5 Å². The summed E-state index contributed by atoms with van der Waals surface area (Å²) in [6.07, 6.45) is 1.77. The van der Waals surface area contributed by atoms with Crippen LogP contribution in [0.25, 0.3) is 0 Å². The van der Waals surface area contributed by atoms with Gasteiger partial charge in [-0.25, -0.2) is 13.8 Å². The summed E-state index contributed by atoms with van der Waals surface area (Å²) in [7, 11) is 1.45. The predicted octanol–water partition coefficient (Wildman–Crippen LogP) is 4.08. The van der Waals surface area contributed by atoms with Crippen molar-refractivity contribution in [3.63, 3.8) is 0 Å². The summed E-state index contributed by atoms with van der Waals surface area (Å²) in [6, 6.07) is 1.63. The first-order chi connectivity index (χ1) is 15.2. The number of nitrogens with one attached hydrogen (secondary N) is 1. The van der Waals surface area contributed by atoms with Gasteiger partial charge in [-0.1, -0.05) is 23.4 Å². The number of amides is 1. The van der Waals surface area contributed by atoms with Gasteiger partial charge in [-0.05, 0) is 37.9 Å². The first-order valence-corrected chi connectivity index (χ1v) is 10.3. The van der Waals surface area contributed by atoms with Gasteiger partial charge in [-0.2, -0.15) is 9.99 Å². The van der Waals surface area contributed by atoms with Crippen LogP contribution in [0.5, 0.6) is 0 Å². The highest BCUT2D eigenvalue weighted by Gasteiger charge is 2.23. The maximum Gasteiger partial charge on any atom is 0.282 e. The van der Waals surface area contributed by atoms with Crippen molar-refractivity contribution in [3.8, 4) is 11.8 Å². The predicted molar refractivity (Wildman–Crippen MR) is 120 cm³/mol. The quantitative estimate of drug-likeness (QED) is 0.254. The monoisotopic (exact) mass is 501 g/mol. The number of carbonyl (C=O) groups is 1. The van der Waals surface area contributed by atoms with E-state index >= 15 is 0 Å². The topological polar surface area (TPSA) is 90.6 Å². The average Bonchev–Trinajstić information content (AvgIpc) is 3.48. The number of oxime groups is 1. The molecule has 0 saturated heterocycles. The van der Waals surface area contributed by atoms with Crippen LogP contribution in [0.15, 0.2) is 23.6 Å². The number of halogens is 4. The number of rotatable bonds is 8. The summed E-state index contributed by atoms with van der Waals surface area (Å²) in [5.41, 5.74) is 0.152. The van der Waals surface area contributed by atoms with Crippen LogP contribution >= 0.6 is 24.0 Å². The van der Waals surface area contributed by atoms with Crippen LogP contribution in [0.2, 0.25) is 5.02 Å². The number of aromatic nitrogens is 3. The third-order valence-electron chi connectivity index (χ3n) is 4.22. The van der Waals surface area contributed by atoms with Gasteiger partial charge in [0.2, 0.25) is 0 Å². The van der Waals surface area contributed by atoms with E-state index in [1.165, 1.54) is 19.4 Å². The molecule has 0 spiro atoms. The third kappa shape index (κ3) is 7.67. The Morgan fingerprint density at radius 2 is 2.15 bits per heavy atom. The summed E-state index contributed by atoms with van der Waals surface area (Å²) in [4.78, 5) is 26.6. The number of alkyl halides is 2. The van der Waals surface area contributed by atoms with Crippen molar-refractivity contribution in [2.75, 3.05) is 6.54 Å². The van der Waals surface area contributed by atoms with Crippen LogP contribution < -0.4 is 5.32 Å². The molecule has 12 heteroatoms. The average molecular weight is 502 g/mol. The largest absolute Gasteiger partial charge is 0.346 e. The van der Waals surface area contributed by atoms with Crippen molar-refractivity contribution >= 4 is 35.6 Å². The Hall–Kier alpha value is -2.74. The van der Waals surface area contributed by atoms with Crippen molar-refractivity contribution in [1.29, 1.82) is 0 Å². The molecule has 8 nitrogen and oxygen atoms in total. The first-order valence-electron chi connectivity index (χ1n) is 9.91. The molecule has 0 radical (unpaired) electrons. The standard InChI is InChI=1S/C21H22ClF2N5O3.ClH/c1-12(2)31-32-28-17(10-26-21(30)15-11-29(3)27-18(15)20(23)24)19-16(22)8-14(9-25-19)7-6-13-4-5-13;/h8-9,11-13,20H,4-5,10H2,1-3H3,(H,26,30);1H/b28-17-;. The Morgan fingerprint density at radius 3 is 2.76 bits per heavy atom. The fraction of sp³-hybridized carbons (Fsp3) is 0.429. The minimum atomic E-state index is -2.90. The van der Waals surface area contributed by atoms with Crippen LogP contribution in [0.3, 0.4) is 0 Å². The molecular formula is C21H23Cl2F2N5O3. The van der Waals surface area contributed by atoms with Crippen molar-refractivity contribution in [2.45, 2.75) is 39.2 Å². The van der Waals surface area contributed by atoms with E-state index < -0.39 is 18.0 Å². The number of nitrogens with zero attached hydrogens (tertiary/aromatic N) is 4. The highest BCUT2D eigenvalue weighted by atomic mass is 35.5. The van der Waals surface area contributed by atoms with Gasteiger partial charge in [0.05, 0.1) is 17.1 Å². The van der Waals surface area contributed by atoms with Crippen molar-refractivity contribution in [2.24, 2.45) is 18.1 Å². The fourth-order valence-electron chi connectivity index (χ4n) is 2.54. The minimum Gasteiger partial charge on any atom is -0.346 e. The molecule has 0 aromatic carbocycles. The van der Waals surface area contributed by atoms with E-state index in [-0.39, 0.29) is 47.0 Å². The summed E-state index contributed by atoms with van der Waals surface area (Å²) in [6.45, 7) is 3.27. The van der Waals surface area contributed by atoms with Crippen LogP contribution in [-0.2, 0) is 16.9 Å².